The van der Waals surface area contributed by atoms with Gasteiger partial charge in [-0.1, -0.05) is 129 Å². The van der Waals surface area contributed by atoms with Crippen molar-refractivity contribution in [3.05, 3.63) is 58.7 Å². The van der Waals surface area contributed by atoms with Gasteiger partial charge < -0.3 is 10.2 Å². The van der Waals surface area contributed by atoms with Crippen molar-refractivity contribution in [2.45, 2.75) is 156 Å². The highest BCUT2D eigenvalue weighted by molar-refractivity contribution is 5.99. The number of benzene rings is 2. The third-order valence-corrected chi connectivity index (χ3v) is 10.0. The second-order valence-corrected chi connectivity index (χ2v) is 14.0. The van der Waals surface area contributed by atoms with E-state index < -0.39 is 11.8 Å². The van der Waals surface area contributed by atoms with Crippen molar-refractivity contribution in [2.75, 3.05) is 0 Å². The molecular weight excluding hydrogens is 656 g/mol. The van der Waals surface area contributed by atoms with E-state index in [2.05, 4.69) is 35.6 Å². The number of aromatic hydroxyl groups is 2. The highest BCUT2D eigenvalue weighted by Gasteiger charge is 2.22. The third-order valence-electron chi connectivity index (χ3n) is 10.0. The molecular formula is C42H66N4O6. The summed E-state index contributed by atoms with van der Waals surface area (Å²) in [7, 11) is 0. The number of aryl methyl sites for hydroxylation is 2. The van der Waals surface area contributed by atoms with Crippen molar-refractivity contribution in [1.29, 1.82) is 0 Å². The smallest absolute Gasteiger partial charge is 0.273 e. The Morgan fingerprint density at radius 3 is 1.23 bits per heavy atom. The van der Waals surface area contributed by atoms with Gasteiger partial charge in [-0.05, 0) is 74.6 Å². The van der Waals surface area contributed by atoms with Crippen LogP contribution in [-0.2, 0) is 22.4 Å². The van der Waals surface area contributed by atoms with Crippen molar-refractivity contribution in [1.82, 2.24) is 21.7 Å². The average Bonchev–Trinajstić information content (AvgIpc) is 3.14. The summed E-state index contributed by atoms with van der Waals surface area (Å²) in [6.07, 6.45) is 18.8. The van der Waals surface area contributed by atoms with E-state index >= 15 is 0 Å². The van der Waals surface area contributed by atoms with Crippen molar-refractivity contribution in [3.63, 3.8) is 0 Å². The van der Waals surface area contributed by atoms with Gasteiger partial charge in [0, 0.05) is 11.8 Å². The van der Waals surface area contributed by atoms with Crippen LogP contribution in [0, 0.1) is 11.8 Å². The van der Waals surface area contributed by atoms with E-state index in [4.69, 9.17) is 0 Å². The number of amides is 4. The minimum atomic E-state index is -0.564. The third kappa shape index (κ3) is 15.7. The number of para-hydroxylation sites is 2. The molecule has 2 unspecified atom stereocenters. The molecule has 2 aromatic carbocycles. The minimum absolute atomic E-state index is 0.0462. The predicted octanol–water partition coefficient (Wildman–Crippen LogP) is 8.74. The average molecular weight is 723 g/mol. The Morgan fingerprint density at radius 1 is 0.500 bits per heavy atom. The summed E-state index contributed by atoms with van der Waals surface area (Å²) >= 11 is 0. The van der Waals surface area contributed by atoms with Gasteiger partial charge in [0.15, 0.2) is 0 Å². The first-order valence-corrected chi connectivity index (χ1v) is 20.0. The van der Waals surface area contributed by atoms with E-state index in [-0.39, 0.29) is 46.3 Å². The van der Waals surface area contributed by atoms with Gasteiger partial charge >= 0.3 is 0 Å². The lowest BCUT2D eigenvalue weighted by atomic mass is 9.94. The normalized spacial score (nSPS) is 12.2. The number of unbranched alkanes of at least 4 members (excludes halogenated alkanes) is 11. The number of phenolic OH excluding ortho intramolecular Hbond substituents is 2. The summed E-state index contributed by atoms with van der Waals surface area (Å²) in [6.45, 7) is 8.20. The second-order valence-electron chi connectivity index (χ2n) is 14.0. The maximum absolute atomic E-state index is 12.9. The Labute approximate surface area is 312 Å². The van der Waals surface area contributed by atoms with Crippen molar-refractivity contribution < 1.29 is 29.4 Å². The predicted molar refractivity (Wildman–Crippen MR) is 208 cm³/mol. The van der Waals surface area contributed by atoms with Crippen molar-refractivity contribution >= 4 is 23.6 Å². The van der Waals surface area contributed by atoms with Crippen LogP contribution < -0.4 is 21.7 Å². The molecule has 0 aromatic heterocycles. The summed E-state index contributed by atoms with van der Waals surface area (Å²) in [6, 6.07) is 10.2. The van der Waals surface area contributed by atoms with Gasteiger partial charge in [-0.2, -0.15) is 0 Å². The number of carbonyl (C=O) groups excluding carboxylic acids is 4. The zero-order valence-electron chi connectivity index (χ0n) is 32.3. The number of rotatable bonds is 25. The molecule has 4 amide bonds. The van der Waals surface area contributed by atoms with E-state index in [1.54, 1.807) is 24.3 Å². The van der Waals surface area contributed by atoms with E-state index in [0.29, 0.717) is 51.4 Å². The molecule has 0 aliphatic carbocycles. The summed E-state index contributed by atoms with van der Waals surface area (Å²) in [4.78, 5) is 51.5. The fraction of sp³-hybridized carbons (Fsp3) is 0.619. The van der Waals surface area contributed by atoms with Crippen LogP contribution in [0.5, 0.6) is 11.5 Å². The van der Waals surface area contributed by atoms with Crippen LogP contribution in [0.25, 0.3) is 0 Å². The summed E-state index contributed by atoms with van der Waals surface area (Å²) in [5.41, 5.74) is 11.7. The van der Waals surface area contributed by atoms with Gasteiger partial charge in [-0.15, -0.1) is 0 Å². The molecule has 10 nitrogen and oxygen atoms in total. The van der Waals surface area contributed by atoms with Gasteiger partial charge in [0.05, 0.1) is 11.1 Å². The van der Waals surface area contributed by atoms with Crippen LogP contribution >= 0.6 is 0 Å². The van der Waals surface area contributed by atoms with Gasteiger partial charge in [0.1, 0.15) is 11.5 Å². The minimum Gasteiger partial charge on any atom is -0.507 e. The zero-order chi connectivity index (χ0) is 38.1. The molecule has 52 heavy (non-hydrogen) atoms. The maximum Gasteiger partial charge on any atom is 0.273 e. The number of phenols is 2. The Morgan fingerprint density at radius 2 is 0.865 bits per heavy atom. The Balaban J connectivity index is 1.76. The molecule has 0 aliphatic rings. The SMILES string of the molecule is CCCCCCCCc1cccc(C(=O)NNC(=O)C(CC)CCCCC(CC)C(=O)NNC(=O)c2cccc(CCCCCCCC)c2O)c1O. The molecule has 0 radical (unpaired) electrons. The molecule has 0 saturated heterocycles. The highest BCUT2D eigenvalue weighted by Crippen LogP contribution is 2.26. The summed E-state index contributed by atoms with van der Waals surface area (Å²) < 4.78 is 0. The van der Waals surface area contributed by atoms with E-state index in [0.717, 1.165) is 49.7 Å². The van der Waals surface area contributed by atoms with Gasteiger partial charge in [-0.3, -0.25) is 40.9 Å². The first-order valence-electron chi connectivity index (χ1n) is 20.0. The van der Waals surface area contributed by atoms with Crippen LogP contribution in [0.3, 0.4) is 0 Å². The molecule has 2 atom stereocenters. The molecule has 6 N–H and O–H groups in total. The van der Waals surface area contributed by atoms with Gasteiger partial charge in [0.2, 0.25) is 11.8 Å². The van der Waals surface area contributed by atoms with Crippen LogP contribution in [0.2, 0.25) is 0 Å². The molecule has 2 aromatic rings. The number of nitrogens with one attached hydrogen (secondary N) is 4. The molecule has 0 saturated carbocycles. The first kappa shape index (κ1) is 44.1. The molecule has 10 heteroatoms. The number of hydrogen-bond donors (Lipinski definition) is 6. The zero-order valence-corrected chi connectivity index (χ0v) is 32.3. The second kappa shape index (κ2) is 25.8. The molecule has 0 aliphatic heterocycles. The molecule has 2 rings (SSSR count). The number of carbonyl (C=O) groups is 4. The fourth-order valence-electron chi connectivity index (χ4n) is 6.54. The van der Waals surface area contributed by atoms with Crippen LogP contribution in [0.4, 0.5) is 0 Å². The lowest BCUT2D eigenvalue weighted by Gasteiger charge is -2.18. The van der Waals surface area contributed by atoms with Crippen LogP contribution in [0.1, 0.15) is 175 Å². The van der Waals surface area contributed by atoms with E-state index in [1.807, 2.05) is 26.0 Å². The number of hydrogen-bond acceptors (Lipinski definition) is 6. The monoisotopic (exact) mass is 722 g/mol. The Kier molecular flexibility index (Phi) is 21.9. The molecule has 290 valence electrons. The van der Waals surface area contributed by atoms with Gasteiger partial charge in [0.25, 0.3) is 11.8 Å². The lowest BCUT2D eigenvalue weighted by Crippen LogP contribution is -2.44. The first-order chi connectivity index (χ1) is 25.2. The summed E-state index contributed by atoms with van der Waals surface area (Å²) in [5, 5.41) is 21.4. The van der Waals surface area contributed by atoms with Crippen molar-refractivity contribution in [3.8, 4) is 11.5 Å². The summed E-state index contributed by atoms with van der Waals surface area (Å²) in [5.74, 6) is -2.48. The van der Waals surface area contributed by atoms with Crippen molar-refractivity contribution in [2.24, 2.45) is 11.8 Å². The highest BCUT2D eigenvalue weighted by atomic mass is 16.3. The Bertz CT molecular complexity index is 1280. The molecule has 0 fully saturated rings. The van der Waals surface area contributed by atoms with Gasteiger partial charge in [-0.25, -0.2) is 0 Å². The maximum atomic E-state index is 12.9. The largest absolute Gasteiger partial charge is 0.507 e. The van der Waals surface area contributed by atoms with Crippen LogP contribution in [0.15, 0.2) is 36.4 Å². The van der Waals surface area contributed by atoms with Crippen LogP contribution in [-0.4, -0.2) is 33.8 Å². The fourth-order valence-corrected chi connectivity index (χ4v) is 6.54. The topological polar surface area (TPSA) is 157 Å². The quantitative estimate of drug-likeness (QED) is 0.0445. The van der Waals surface area contributed by atoms with E-state index in [9.17, 15) is 29.4 Å². The molecule has 0 heterocycles. The molecule has 0 spiro atoms. The molecule has 0 bridgehead atoms. The van der Waals surface area contributed by atoms with E-state index in [1.165, 1.54) is 38.5 Å². The Hall–Kier alpha value is -4.08. The number of hydrazine groups is 2. The standard InChI is InChI=1S/C42H66N4O6/c1-5-9-11-13-15-17-25-33-27-21-29-35(37(33)47)41(51)45-43-39(49)31(7-3)23-19-20-24-32(8-4)40(50)44-46-42(52)36-30-22-28-34(38(36)48)26-18-16-14-12-10-6-2/h21-22,27-32,47-48H,5-20,23-26H2,1-4H3,(H,43,49)(H,44,50)(H,45,51)(H,46,52). The lowest BCUT2D eigenvalue weighted by molar-refractivity contribution is -0.127.